The van der Waals surface area contributed by atoms with Crippen molar-refractivity contribution >= 4 is 11.6 Å². The smallest absolute Gasteiger partial charge is 0.227 e. The second kappa shape index (κ2) is 5.24. The molecule has 2 saturated carbocycles. The van der Waals surface area contributed by atoms with Gasteiger partial charge in [0.25, 0.3) is 0 Å². The number of carbonyl (C=O) groups excluding carboxylic acids is 1. The van der Waals surface area contributed by atoms with Gasteiger partial charge in [-0.25, -0.2) is 0 Å². The Morgan fingerprint density at radius 1 is 1.26 bits per heavy atom. The van der Waals surface area contributed by atoms with Crippen LogP contribution < -0.4 is 10.1 Å². The lowest BCUT2D eigenvalue weighted by molar-refractivity contribution is -0.120. The molecule has 3 heteroatoms. The van der Waals surface area contributed by atoms with Crippen LogP contribution >= 0.6 is 0 Å². The number of para-hydroxylation sites is 2. The van der Waals surface area contributed by atoms with Crippen molar-refractivity contribution in [3.05, 3.63) is 24.3 Å². The molecule has 102 valence electrons. The fraction of sp³-hybridized carbons (Fsp3) is 0.562. The first-order chi connectivity index (χ1) is 9.28. The van der Waals surface area contributed by atoms with E-state index in [-0.39, 0.29) is 11.8 Å². The number of carbonyl (C=O) groups is 1. The van der Waals surface area contributed by atoms with Crippen molar-refractivity contribution in [1.29, 1.82) is 0 Å². The highest BCUT2D eigenvalue weighted by atomic mass is 16.5. The number of rotatable bonds is 5. The molecule has 2 aliphatic rings. The van der Waals surface area contributed by atoms with E-state index in [1.165, 1.54) is 6.42 Å². The third-order valence-corrected chi connectivity index (χ3v) is 4.22. The molecule has 0 aromatic heterocycles. The number of hydrogen-bond donors (Lipinski definition) is 1. The van der Waals surface area contributed by atoms with Crippen LogP contribution in [-0.4, -0.2) is 12.5 Å². The molecule has 3 nitrogen and oxygen atoms in total. The van der Waals surface area contributed by atoms with Gasteiger partial charge in [0.2, 0.25) is 5.91 Å². The summed E-state index contributed by atoms with van der Waals surface area (Å²) < 4.78 is 5.67. The predicted octanol–water partition coefficient (Wildman–Crippen LogP) is 3.46. The average molecular weight is 259 g/mol. The second-order valence-electron chi connectivity index (χ2n) is 5.76. The number of hydrogen-bond acceptors (Lipinski definition) is 2. The summed E-state index contributed by atoms with van der Waals surface area (Å²) in [5.74, 6) is 2.83. The molecule has 1 aromatic carbocycles. The maximum absolute atomic E-state index is 12.2. The molecule has 0 bridgehead atoms. The van der Waals surface area contributed by atoms with E-state index in [1.54, 1.807) is 0 Å². The third-order valence-electron chi connectivity index (χ3n) is 4.22. The summed E-state index contributed by atoms with van der Waals surface area (Å²) in [5, 5.41) is 3.04. The van der Waals surface area contributed by atoms with Gasteiger partial charge in [-0.1, -0.05) is 19.1 Å². The van der Waals surface area contributed by atoms with Gasteiger partial charge in [0.05, 0.1) is 12.3 Å². The van der Waals surface area contributed by atoms with E-state index in [9.17, 15) is 4.79 Å². The van der Waals surface area contributed by atoms with E-state index in [2.05, 4.69) is 12.2 Å². The minimum atomic E-state index is 0.166. The predicted molar refractivity (Wildman–Crippen MR) is 75.2 cm³/mol. The van der Waals surface area contributed by atoms with Crippen molar-refractivity contribution in [2.24, 2.45) is 17.8 Å². The third kappa shape index (κ3) is 2.75. The lowest BCUT2D eigenvalue weighted by Crippen LogP contribution is -2.22. The van der Waals surface area contributed by atoms with Crippen molar-refractivity contribution in [2.45, 2.75) is 32.6 Å². The molecule has 2 fully saturated rings. The molecule has 19 heavy (non-hydrogen) atoms. The normalized spacial score (nSPS) is 27.7. The maximum Gasteiger partial charge on any atom is 0.227 e. The van der Waals surface area contributed by atoms with E-state index in [0.29, 0.717) is 6.61 Å². The van der Waals surface area contributed by atoms with Gasteiger partial charge in [-0.2, -0.15) is 0 Å². The van der Waals surface area contributed by atoms with Crippen LogP contribution in [0.25, 0.3) is 0 Å². The van der Waals surface area contributed by atoms with Crippen LogP contribution in [0.5, 0.6) is 5.75 Å². The van der Waals surface area contributed by atoms with Gasteiger partial charge in [0, 0.05) is 5.92 Å². The quantitative estimate of drug-likeness (QED) is 0.879. The molecule has 0 spiro atoms. The largest absolute Gasteiger partial charge is 0.491 e. The van der Waals surface area contributed by atoms with E-state index >= 15 is 0 Å². The first-order valence-corrected chi connectivity index (χ1v) is 7.30. The summed E-state index contributed by atoms with van der Waals surface area (Å²) in [5.41, 5.74) is 0.807. The molecule has 0 saturated heterocycles. The summed E-state index contributed by atoms with van der Waals surface area (Å²) in [4.78, 5) is 12.2. The molecule has 3 rings (SSSR count). The summed E-state index contributed by atoms with van der Waals surface area (Å²) >= 11 is 0. The first-order valence-electron chi connectivity index (χ1n) is 7.30. The molecule has 1 amide bonds. The standard InChI is InChI=1S/C16H21NO2/c1-2-7-19-15-6-4-3-5-14(15)17-16(18)13-9-11-8-12(11)10-13/h3-6,11-13H,2,7-10H2,1H3,(H,17,18). The van der Waals surface area contributed by atoms with Crippen LogP contribution in [0, 0.1) is 17.8 Å². The molecule has 0 aliphatic heterocycles. The number of anilines is 1. The Balaban J connectivity index is 1.63. The molecular weight excluding hydrogens is 238 g/mol. The van der Waals surface area contributed by atoms with Crippen LogP contribution in [0.4, 0.5) is 5.69 Å². The highest BCUT2D eigenvalue weighted by Gasteiger charge is 2.48. The maximum atomic E-state index is 12.2. The van der Waals surface area contributed by atoms with Crippen molar-refractivity contribution in [2.75, 3.05) is 11.9 Å². The fourth-order valence-electron chi connectivity index (χ4n) is 3.07. The number of ether oxygens (including phenoxy) is 1. The Labute approximate surface area is 114 Å². The van der Waals surface area contributed by atoms with Crippen molar-refractivity contribution in [3.63, 3.8) is 0 Å². The van der Waals surface area contributed by atoms with Crippen molar-refractivity contribution < 1.29 is 9.53 Å². The molecule has 1 aromatic rings. The van der Waals surface area contributed by atoms with Gasteiger partial charge in [-0.15, -0.1) is 0 Å². The van der Waals surface area contributed by atoms with Crippen LogP contribution in [0.2, 0.25) is 0 Å². The Bertz CT molecular complexity index is 462. The summed E-state index contributed by atoms with van der Waals surface area (Å²) in [6, 6.07) is 7.70. The zero-order valence-corrected chi connectivity index (χ0v) is 11.4. The second-order valence-corrected chi connectivity index (χ2v) is 5.76. The van der Waals surface area contributed by atoms with Crippen LogP contribution in [0.1, 0.15) is 32.6 Å². The van der Waals surface area contributed by atoms with Crippen molar-refractivity contribution in [3.8, 4) is 5.75 Å². The lowest BCUT2D eigenvalue weighted by Gasteiger charge is -2.15. The van der Waals surface area contributed by atoms with E-state index in [0.717, 1.165) is 42.5 Å². The van der Waals surface area contributed by atoms with E-state index in [4.69, 9.17) is 4.74 Å². The van der Waals surface area contributed by atoms with Gasteiger partial charge in [0.1, 0.15) is 5.75 Å². The summed E-state index contributed by atoms with van der Waals surface area (Å²) in [6.07, 6.45) is 4.47. The van der Waals surface area contributed by atoms with E-state index in [1.807, 2.05) is 24.3 Å². The number of benzene rings is 1. The minimum Gasteiger partial charge on any atom is -0.491 e. The molecule has 1 N–H and O–H groups in total. The molecular formula is C16H21NO2. The Morgan fingerprint density at radius 2 is 2.00 bits per heavy atom. The molecule has 0 heterocycles. The van der Waals surface area contributed by atoms with Gasteiger partial charge >= 0.3 is 0 Å². The minimum absolute atomic E-state index is 0.166. The molecule has 0 radical (unpaired) electrons. The van der Waals surface area contributed by atoms with Crippen LogP contribution in [-0.2, 0) is 4.79 Å². The average Bonchev–Trinajstić information content (AvgIpc) is 3.04. The van der Waals surface area contributed by atoms with Gasteiger partial charge < -0.3 is 10.1 Å². The number of nitrogens with one attached hydrogen (secondary N) is 1. The van der Waals surface area contributed by atoms with Crippen LogP contribution in [0.3, 0.4) is 0 Å². The Hall–Kier alpha value is -1.51. The zero-order chi connectivity index (χ0) is 13.2. The lowest BCUT2D eigenvalue weighted by atomic mass is 10.0. The van der Waals surface area contributed by atoms with Gasteiger partial charge in [-0.05, 0) is 49.7 Å². The first kappa shape index (κ1) is 12.5. The topological polar surface area (TPSA) is 38.3 Å². The summed E-state index contributed by atoms with van der Waals surface area (Å²) in [6.45, 7) is 2.76. The molecule has 2 unspecified atom stereocenters. The summed E-state index contributed by atoms with van der Waals surface area (Å²) in [7, 11) is 0. The highest BCUT2D eigenvalue weighted by Crippen LogP contribution is 2.54. The number of amides is 1. The zero-order valence-electron chi connectivity index (χ0n) is 11.4. The SMILES string of the molecule is CCCOc1ccccc1NC(=O)C1CC2CC2C1. The molecule has 2 aliphatic carbocycles. The Morgan fingerprint density at radius 3 is 2.74 bits per heavy atom. The number of fused-ring (bicyclic) bond motifs is 1. The highest BCUT2D eigenvalue weighted by molar-refractivity contribution is 5.94. The Kier molecular flexibility index (Phi) is 3.45. The van der Waals surface area contributed by atoms with Gasteiger partial charge in [0.15, 0.2) is 0 Å². The molecule has 2 atom stereocenters. The fourth-order valence-corrected chi connectivity index (χ4v) is 3.07. The monoisotopic (exact) mass is 259 g/mol. The van der Waals surface area contributed by atoms with Gasteiger partial charge in [-0.3, -0.25) is 4.79 Å². The van der Waals surface area contributed by atoms with Crippen molar-refractivity contribution in [1.82, 2.24) is 0 Å². The van der Waals surface area contributed by atoms with Crippen LogP contribution in [0.15, 0.2) is 24.3 Å². The van der Waals surface area contributed by atoms with E-state index < -0.39 is 0 Å².